The van der Waals surface area contributed by atoms with Crippen LogP contribution in [0.1, 0.15) is 18.1 Å². The lowest BCUT2D eigenvalue weighted by Gasteiger charge is -2.29. The summed E-state index contributed by atoms with van der Waals surface area (Å²) in [4.78, 5) is 34.7. The Morgan fingerprint density at radius 3 is 2.54 bits per heavy atom. The molecule has 0 aliphatic carbocycles. The lowest BCUT2D eigenvalue weighted by atomic mass is 9.95. The van der Waals surface area contributed by atoms with Crippen molar-refractivity contribution in [2.24, 2.45) is 0 Å². The second kappa shape index (κ2) is 8.81. The molecule has 0 heterocycles. The Morgan fingerprint density at radius 2 is 1.93 bits per heavy atom. The number of rotatable bonds is 6. The zero-order valence-electron chi connectivity index (χ0n) is 15.6. The predicted octanol–water partition coefficient (Wildman–Crippen LogP) is 3.17. The van der Waals surface area contributed by atoms with Gasteiger partial charge in [-0.05, 0) is 37.1 Å². The third-order valence-electron chi connectivity index (χ3n) is 4.36. The molecule has 8 nitrogen and oxygen atoms in total. The van der Waals surface area contributed by atoms with E-state index in [4.69, 9.17) is 16.3 Å². The average molecular weight is 406 g/mol. The van der Waals surface area contributed by atoms with Crippen molar-refractivity contribution in [3.05, 3.63) is 68.7 Å². The molecule has 0 saturated heterocycles. The standard InChI is InChI=1S/C19H20ClN3O5/c1-12-7-8-15(23(26)27)10-16(12)22-18(25)17(24)21-11-19(2,28-3)13-5-4-6-14(20)9-13/h4-10H,11H2,1-3H3,(H,21,24)(H,22,25). The average Bonchev–Trinajstić information content (AvgIpc) is 2.67. The highest BCUT2D eigenvalue weighted by Gasteiger charge is 2.28. The summed E-state index contributed by atoms with van der Waals surface area (Å²) in [5.41, 5.74) is 0.431. The lowest BCUT2D eigenvalue weighted by molar-refractivity contribution is -0.384. The number of hydrogen-bond acceptors (Lipinski definition) is 5. The molecule has 0 radical (unpaired) electrons. The number of carbonyl (C=O) groups is 2. The first-order valence-electron chi connectivity index (χ1n) is 8.31. The number of halogens is 1. The molecular formula is C19H20ClN3O5. The number of carbonyl (C=O) groups excluding carboxylic acids is 2. The maximum Gasteiger partial charge on any atom is 0.313 e. The number of non-ortho nitro benzene ring substituents is 1. The molecular weight excluding hydrogens is 386 g/mol. The molecule has 0 fully saturated rings. The van der Waals surface area contributed by atoms with E-state index in [0.29, 0.717) is 10.6 Å². The Balaban J connectivity index is 2.07. The van der Waals surface area contributed by atoms with Crippen molar-refractivity contribution in [1.29, 1.82) is 0 Å². The van der Waals surface area contributed by atoms with Crippen LogP contribution in [0.15, 0.2) is 42.5 Å². The molecule has 28 heavy (non-hydrogen) atoms. The number of benzene rings is 2. The van der Waals surface area contributed by atoms with Gasteiger partial charge in [-0.25, -0.2) is 0 Å². The van der Waals surface area contributed by atoms with Crippen LogP contribution in [-0.4, -0.2) is 30.4 Å². The fraction of sp³-hybridized carbons (Fsp3) is 0.263. The number of nitro benzene ring substituents is 1. The zero-order chi connectivity index (χ0) is 20.9. The van der Waals surface area contributed by atoms with Gasteiger partial charge in [0.2, 0.25) is 0 Å². The van der Waals surface area contributed by atoms with Gasteiger partial charge in [-0.3, -0.25) is 19.7 Å². The Kier molecular flexibility index (Phi) is 6.71. The molecule has 0 bridgehead atoms. The summed E-state index contributed by atoms with van der Waals surface area (Å²) in [6.45, 7) is 3.43. The van der Waals surface area contributed by atoms with Gasteiger partial charge in [0.05, 0.1) is 17.2 Å². The van der Waals surface area contributed by atoms with Gasteiger partial charge < -0.3 is 15.4 Å². The fourth-order valence-electron chi connectivity index (χ4n) is 2.48. The molecule has 2 N–H and O–H groups in total. The number of nitro groups is 1. The van der Waals surface area contributed by atoms with Crippen LogP contribution in [0.25, 0.3) is 0 Å². The summed E-state index contributed by atoms with van der Waals surface area (Å²) < 4.78 is 5.51. The van der Waals surface area contributed by atoms with Crippen molar-refractivity contribution in [2.45, 2.75) is 19.4 Å². The summed E-state index contributed by atoms with van der Waals surface area (Å²) in [7, 11) is 1.49. The number of aryl methyl sites for hydroxylation is 1. The second-order valence-electron chi connectivity index (χ2n) is 6.34. The molecule has 9 heteroatoms. The van der Waals surface area contributed by atoms with Crippen LogP contribution >= 0.6 is 11.6 Å². The van der Waals surface area contributed by atoms with Gasteiger partial charge in [0.25, 0.3) is 5.69 Å². The summed E-state index contributed by atoms with van der Waals surface area (Å²) in [5, 5.41) is 16.3. The second-order valence-corrected chi connectivity index (χ2v) is 6.77. The van der Waals surface area contributed by atoms with Gasteiger partial charge >= 0.3 is 11.8 Å². The topological polar surface area (TPSA) is 111 Å². The van der Waals surface area contributed by atoms with Crippen LogP contribution in [0.4, 0.5) is 11.4 Å². The highest BCUT2D eigenvalue weighted by atomic mass is 35.5. The number of ether oxygens (including phenoxy) is 1. The maximum absolute atomic E-state index is 12.2. The molecule has 0 spiro atoms. The van der Waals surface area contributed by atoms with Crippen LogP contribution < -0.4 is 10.6 Å². The SMILES string of the molecule is COC(C)(CNC(=O)C(=O)Nc1cc([N+](=O)[O-])ccc1C)c1cccc(Cl)c1. The number of anilines is 1. The molecule has 148 valence electrons. The first-order chi connectivity index (χ1) is 13.2. The number of nitrogens with zero attached hydrogens (tertiary/aromatic N) is 1. The Labute approximate surface area is 167 Å². The van der Waals surface area contributed by atoms with Gasteiger partial charge in [0, 0.05) is 24.3 Å². The minimum Gasteiger partial charge on any atom is -0.372 e. The first kappa shape index (κ1) is 21.3. The number of amides is 2. The molecule has 1 atom stereocenters. The van der Waals surface area contributed by atoms with E-state index in [9.17, 15) is 19.7 Å². The zero-order valence-corrected chi connectivity index (χ0v) is 16.4. The van der Waals surface area contributed by atoms with Crippen LogP contribution in [0.5, 0.6) is 0 Å². The third kappa shape index (κ3) is 5.05. The molecule has 2 rings (SSSR count). The van der Waals surface area contributed by atoms with E-state index >= 15 is 0 Å². The van der Waals surface area contributed by atoms with Crippen molar-refractivity contribution in [3.63, 3.8) is 0 Å². The van der Waals surface area contributed by atoms with E-state index < -0.39 is 22.3 Å². The van der Waals surface area contributed by atoms with Crippen molar-refractivity contribution in [3.8, 4) is 0 Å². The molecule has 0 aliphatic heterocycles. The number of methoxy groups -OCH3 is 1. The highest BCUT2D eigenvalue weighted by molar-refractivity contribution is 6.39. The summed E-state index contributed by atoms with van der Waals surface area (Å²) in [6.07, 6.45) is 0. The Hall–Kier alpha value is -2.97. The quantitative estimate of drug-likeness (QED) is 0.435. The van der Waals surface area contributed by atoms with Crippen molar-refractivity contribution >= 4 is 34.8 Å². The minimum absolute atomic E-state index is 0.0179. The van der Waals surface area contributed by atoms with Crippen LogP contribution in [0.2, 0.25) is 5.02 Å². The number of hydrogen-bond donors (Lipinski definition) is 2. The van der Waals surface area contributed by atoms with Gasteiger partial charge in [-0.1, -0.05) is 29.8 Å². The smallest absolute Gasteiger partial charge is 0.313 e. The molecule has 2 amide bonds. The van der Waals surface area contributed by atoms with Gasteiger partial charge in [-0.15, -0.1) is 0 Å². The summed E-state index contributed by atoms with van der Waals surface area (Å²) in [6, 6.07) is 11.0. The molecule has 0 aliphatic rings. The van der Waals surface area contributed by atoms with Crippen molar-refractivity contribution < 1.29 is 19.2 Å². The largest absolute Gasteiger partial charge is 0.372 e. The van der Waals surface area contributed by atoms with E-state index in [-0.39, 0.29) is 17.9 Å². The van der Waals surface area contributed by atoms with Crippen LogP contribution in [-0.2, 0) is 19.9 Å². The van der Waals surface area contributed by atoms with E-state index in [0.717, 1.165) is 5.56 Å². The van der Waals surface area contributed by atoms with E-state index in [1.54, 1.807) is 38.1 Å². The minimum atomic E-state index is -0.937. The molecule has 1 unspecified atom stereocenters. The number of nitrogens with one attached hydrogen (secondary N) is 2. The molecule has 2 aromatic rings. The van der Waals surface area contributed by atoms with Gasteiger partial charge in [0.15, 0.2) is 0 Å². The van der Waals surface area contributed by atoms with E-state index in [1.165, 1.54) is 25.3 Å². The lowest BCUT2D eigenvalue weighted by Crippen LogP contribution is -2.44. The van der Waals surface area contributed by atoms with E-state index in [2.05, 4.69) is 10.6 Å². The summed E-state index contributed by atoms with van der Waals surface area (Å²) >= 11 is 6.01. The predicted molar refractivity (Wildman–Crippen MR) is 105 cm³/mol. The van der Waals surface area contributed by atoms with Gasteiger partial charge in [-0.2, -0.15) is 0 Å². The normalized spacial score (nSPS) is 12.7. The van der Waals surface area contributed by atoms with Crippen LogP contribution in [0, 0.1) is 17.0 Å². The Morgan fingerprint density at radius 1 is 1.21 bits per heavy atom. The first-order valence-corrected chi connectivity index (χ1v) is 8.69. The molecule has 0 saturated carbocycles. The summed E-state index contributed by atoms with van der Waals surface area (Å²) in [5.74, 6) is -1.83. The van der Waals surface area contributed by atoms with Crippen molar-refractivity contribution in [2.75, 3.05) is 19.0 Å². The highest BCUT2D eigenvalue weighted by Crippen LogP contribution is 2.26. The molecule has 0 aromatic heterocycles. The van der Waals surface area contributed by atoms with Crippen molar-refractivity contribution in [1.82, 2.24) is 5.32 Å². The monoisotopic (exact) mass is 405 g/mol. The third-order valence-corrected chi connectivity index (χ3v) is 4.59. The molecule has 2 aromatic carbocycles. The Bertz CT molecular complexity index is 918. The van der Waals surface area contributed by atoms with Crippen LogP contribution in [0.3, 0.4) is 0 Å². The van der Waals surface area contributed by atoms with Gasteiger partial charge in [0.1, 0.15) is 5.60 Å². The maximum atomic E-state index is 12.2. The van der Waals surface area contributed by atoms with E-state index in [1.807, 2.05) is 0 Å². The fourth-order valence-corrected chi connectivity index (χ4v) is 2.67.